The number of amides is 2. The Hall–Kier alpha value is -1.59. The summed E-state index contributed by atoms with van der Waals surface area (Å²) in [6.45, 7) is 7.41. The second-order valence-corrected chi connectivity index (χ2v) is 15.2. The average Bonchev–Trinajstić information content (AvgIpc) is 3.44. The van der Waals surface area contributed by atoms with Crippen LogP contribution >= 0.6 is 11.3 Å². The van der Waals surface area contributed by atoms with E-state index in [9.17, 15) is 30.0 Å². The highest BCUT2D eigenvalue weighted by molar-refractivity contribution is 7.07. The molecule has 0 unspecified atom stereocenters. The van der Waals surface area contributed by atoms with Gasteiger partial charge < -0.3 is 30.6 Å². The fourth-order valence-electron chi connectivity index (χ4n) is 6.87. The van der Waals surface area contributed by atoms with Crippen molar-refractivity contribution in [1.82, 2.24) is 15.2 Å². The minimum absolute atomic E-state index is 0.0452. The summed E-state index contributed by atoms with van der Waals surface area (Å²) < 4.78 is 0. The van der Waals surface area contributed by atoms with E-state index in [1.807, 2.05) is 19.2 Å². The topological polar surface area (TPSA) is 143 Å². The van der Waals surface area contributed by atoms with Gasteiger partial charge in [0.2, 0.25) is 11.8 Å². The lowest BCUT2D eigenvalue weighted by atomic mass is 9.82. The Balaban J connectivity index is 1.81. The van der Waals surface area contributed by atoms with E-state index in [1.165, 1.54) is 22.7 Å². The molecule has 0 aromatic carbocycles. The molecular weight excluding hydrogens is 566 g/mol. The molecule has 3 rings (SSSR count). The van der Waals surface area contributed by atoms with E-state index < -0.39 is 35.4 Å². The van der Waals surface area contributed by atoms with Crippen LogP contribution in [0, 0.1) is 17.8 Å². The van der Waals surface area contributed by atoms with Crippen LogP contribution in [0.3, 0.4) is 0 Å². The average molecular weight is 624 g/mol. The number of rotatable bonds is 16. The molecule has 43 heavy (non-hydrogen) atoms. The first-order chi connectivity index (χ1) is 20.2. The van der Waals surface area contributed by atoms with Crippen molar-refractivity contribution >= 4 is 23.2 Å². The third kappa shape index (κ3) is 12.4. The Morgan fingerprint density at radius 1 is 1.12 bits per heavy atom. The Morgan fingerprint density at radius 3 is 2.35 bits per heavy atom. The molecule has 1 heterocycles. The third-order valence-electron chi connectivity index (χ3n) is 9.09. The smallest absolute Gasteiger partial charge is 0.224 e. The monoisotopic (exact) mass is 623 g/mol. The third-order valence-corrected chi connectivity index (χ3v) is 9.73. The van der Waals surface area contributed by atoms with Crippen LogP contribution in [0.25, 0.3) is 0 Å². The van der Waals surface area contributed by atoms with E-state index in [0.29, 0.717) is 37.3 Å². The first kappa shape index (κ1) is 35.9. The van der Waals surface area contributed by atoms with Crippen LogP contribution in [0.2, 0.25) is 0 Å². The van der Waals surface area contributed by atoms with Crippen LogP contribution in [0.15, 0.2) is 10.9 Å². The molecule has 9 nitrogen and oxygen atoms in total. The second-order valence-electron chi connectivity index (χ2n) is 14.5. The van der Waals surface area contributed by atoms with Gasteiger partial charge in [0.15, 0.2) is 0 Å². The molecule has 2 aliphatic carbocycles. The largest absolute Gasteiger partial charge is 0.390 e. The van der Waals surface area contributed by atoms with E-state index in [4.69, 9.17) is 0 Å². The SMILES string of the molecule is CC(C)C[C@H](O)[C@H](O)[C@H](CC1CCCCC1)NC(=O)[C@@H](CC(=O)N(CC(C)(C)O)CC1(O)CCCCC1)Cc1cscn1. The lowest BCUT2D eigenvalue weighted by Crippen LogP contribution is -2.53. The fraction of sp³-hybridized carbons (Fsp3) is 0.848. The number of aromatic nitrogens is 1. The van der Waals surface area contributed by atoms with Crippen molar-refractivity contribution in [3.63, 3.8) is 0 Å². The zero-order valence-electron chi connectivity index (χ0n) is 26.8. The summed E-state index contributed by atoms with van der Waals surface area (Å²) in [4.78, 5) is 33.7. The summed E-state index contributed by atoms with van der Waals surface area (Å²) in [6.07, 6.45) is 8.62. The zero-order valence-corrected chi connectivity index (χ0v) is 27.7. The van der Waals surface area contributed by atoms with Crippen molar-refractivity contribution < 1.29 is 30.0 Å². The number of aliphatic hydroxyl groups excluding tert-OH is 2. The number of hydrogen-bond acceptors (Lipinski definition) is 8. The molecule has 1 aromatic heterocycles. The molecule has 10 heteroatoms. The van der Waals surface area contributed by atoms with Crippen LogP contribution in [-0.2, 0) is 16.0 Å². The highest BCUT2D eigenvalue weighted by atomic mass is 32.1. The van der Waals surface area contributed by atoms with Gasteiger partial charge in [0, 0.05) is 31.3 Å². The summed E-state index contributed by atoms with van der Waals surface area (Å²) in [5.74, 6) is -0.870. The maximum absolute atomic E-state index is 14.0. The molecule has 2 saturated carbocycles. The van der Waals surface area contributed by atoms with E-state index in [-0.39, 0.29) is 43.7 Å². The Morgan fingerprint density at radius 2 is 1.77 bits per heavy atom. The Labute approximate surface area is 262 Å². The summed E-state index contributed by atoms with van der Waals surface area (Å²) in [5.41, 5.74) is 0.230. The molecular formula is C33H57N3O6S. The molecule has 0 saturated heterocycles. The zero-order chi connectivity index (χ0) is 31.6. The number of nitrogens with one attached hydrogen (secondary N) is 1. The van der Waals surface area contributed by atoms with Crippen LogP contribution in [0.4, 0.5) is 0 Å². The molecule has 2 amide bonds. The van der Waals surface area contributed by atoms with E-state index in [1.54, 1.807) is 19.4 Å². The minimum atomic E-state index is -1.17. The normalized spacial score (nSPS) is 20.8. The number of carbonyl (C=O) groups is 2. The van der Waals surface area contributed by atoms with Crippen molar-refractivity contribution in [3.05, 3.63) is 16.6 Å². The van der Waals surface area contributed by atoms with E-state index >= 15 is 0 Å². The summed E-state index contributed by atoms with van der Waals surface area (Å²) >= 11 is 1.42. The Kier molecular flexibility index (Phi) is 13.9. The number of carbonyl (C=O) groups excluding carboxylic acids is 2. The van der Waals surface area contributed by atoms with Gasteiger partial charge in [-0.15, -0.1) is 11.3 Å². The quantitative estimate of drug-likeness (QED) is 0.186. The van der Waals surface area contributed by atoms with Crippen molar-refractivity contribution in [2.45, 2.75) is 147 Å². The molecule has 0 aliphatic heterocycles. The lowest BCUT2D eigenvalue weighted by molar-refractivity contribution is -0.143. The maximum atomic E-state index is 14.0. The van der Waals surface area contributed by atoms with Gasteiger partial charge in [0.1, 0.15) is 6.10 Å². The van der Waals surface area contributed by atoms with Gasteiger partial charge in [-0.3, -0.25) is 9.59 Å². The maximum Gasteiger partial charge on any atom is 0.224 e. The van der Waals surface area contributed by atoms with Gasteiger partial charge in [-0.2, -0.15) is 0 Å². The van der Waals surface area contributed by atoms with Gasteiger partial charge in [-0.25, -0.2) is 4.98 Å². The molecule has 5 N–H and O–H groups in total. The highest BCUT2D eigenvalue weighted by Gasteiger charge is 2.37. The van der Waals surface area contributed by atoms with Gasteiger partial charge in [0.05, 0.1) is 40.5 Å². The summed E-state index contributed by atoms with van der Waals surface area (Å²) in [6, 6.07) is -0.632. The van der Waals surface area contributed by atoms with Crippen LogP contribution in [0.1, 0.15) is 117 Å². The van der Waals surface area contributed by atoms with Crippen molar-refractivity contribution in [2.75, 3.05) is 13.1 Å². The predicted molar refractivity (Wildman–Crippen MR) is 169 cm³/mol. The van der Waals surface area contributed by atoms with Crippen LogP contribution in [-0.4, -0.2) is 84.7 Å². The molecule has 0 bridgehead atoms. The second kappa shape index (κ2) is 16.6. The molecule has 2 aliphatic rings. The van der Waals surface area contributed by atoms with E-state index in [0.717, 1.165) is 44.9 Å². The molecule has 2 fully saturated rings. The molecule has 1 aromatic rings. The summed E-state index contributed by atoms with van der Waals surface area (Å²) in [7, 11) is 0. The van der Waals surface area contributed by atoms with Gasteiger partial charge >= 0.3 is 0 Å². The number of thiazole rings is 1. The van der Waals surface area contributed by atoms with Gasteiger partial charge in [-0.1, -0.05) is 65.2 Å². The van der Waals surface area contributed by atoms with Gasteiger partial charge in [0.25, 0.3) is 0 Å². The van der Waals surface area contributed by atoms with Crippen LogP contribution in [0.5, 0.6) is 0 Å². The summed E-state index contributed by atoms with van der Waals surface area (Å²) in [5, 5.41) is 48.9. The number of nitrogens with zero attached hydrogens (tertiary/aromatic N) is 2. The predicted octanol–water partition coefficient (Wildman–Crippen LogP) is 4.21. The Bertz CT molecular complexity index is 970. The highest BCUT2D eigenvalue weighted by Crippen LogP contribution is 2.31. The molecule has 0 spiro atoms. The number of aliphatic hydroxyl groups is 4. The van der Waals surface area contributed by atoms with Crippen LogP contribution < -0.4 is 5.32 Å². The van der Waals surface area contributed by atoms with Crippen molar-refractivity contribution in [3.8, 4) is 0 Å². The standard InChI is InChI=1S/C33H57N3O6S/c1-23(2)15-28(37)30(39)27(16-24-11-7-5-8-12-24)35-31(40)25(17-26-19-43-22-34-26)18-29(38)36(20-32(3,4)41)21-33(42)13-9-6-10-14-33/h19,22-25,27-28,30,37,39,41-42H,5-18,20-21H2,1-4H3,(H,35,40)/t25-,27+,28+,30-/m1/s1. The molecule has 4 atom stereocenters. The fourth-order valence-corrected chi connectivity index (χ4v) is 7.44. The lowest BCUT2D eigenvalue weighted by Gasteiger charge is -2.39. The van der Waals surface area contributed by atoms with E-state index in [2.05, 4.69) is 10.3 Å². The first-order valence-electron chi connectivity index (χ1n) is 16.5. The van der Waals surface area contributed by atoms with Crippen molar-refractivity contribution in [2.24, 2.45) is 17.8 Å². The van der Waals surface area contributed by atoms with Crippen molar-refractivity contribution in [1.29, 1.82) is 0 Å². The molecule has 0 radical (unpaired) electrons. The first-order valence-corrected chi connectivity index (χ1v) is 17.4. The van der Waals surface area contributed by atoms with Gasteiger partial charge in [-0.05, 0) is 51.4 Å². The minimum Gasteiger partial charge on any atom is -0.390 e. The molecule has 246 valence electrons. The number of hydrogen-bond donors (Lipinski definition) is 5.